The van der Waals surface area contributed by atoms with Crippen molar-refractivity contribution in [1.82, 2.24) is 13.9 Å². The van der Waals surface area contributed by atoms with Crippen molar-refractivity contribution in [1.29, 1.82) is 0 Å². The highest BCUT2D eigenvalue weighted by atomic mass is 32.2. The Balaban J connectivity index is 1.63. The van der Waals surface area contributed by atoms with Gasteiger partial charge in [-0.2, -0.15) is 17.4 Å². The molecule has 1 N–H and O–H groups in total. The third kappa shape index (κ3) is 5.59. The van der Waals surface area contributed by atoms with Crippen molar-refractivity contribution in [2.75, 3.05) is 27.8 Å². The number of nitrogens with zero attached hydrogens (tertiary/aromatic N) is 2. The molecule has 3 atom stereocenters. The fourth-order valence-electron chi connectivity index (χ4n) is 4.78. The summed E-state index contributed by atoms with van der Waals surface area (Å²) in [5.41, 5.74) is 0.755. The summed E-state index contributed by atoms with van der Waals surface area (Å²) in [4.78, 5) is 14.0. The first-order valence-corrected chi connectivity index (χ1v) is 12.5. The SMILES string of the molecule is COC(=O)N1[C@H](C)C[C@H](NS(=O)(=O)N(C)C)[C@@H]1CO[C@H]1CC[C@@H](c2ccccc2F)CC1. The van der Waals surface area contributed by atoms with Gasteiger partial charge in [-0.1, -0.05) is 18.2 Å². The molecule has 0 unspecified atom stereocenters. The number of hydrogen-bond acceptors (Lipinski definition) is 5. The van der Waals surface area contributed by atoms with E-state index in [1.54, 1.807) is 11.0 Å². The Labute approximate surface area is 190 Å². The van der Waals surface area contributed by atoms with E-state index >= 15 is 0 Å². The number of methoxy groups -OCH3 is 1. The van der Waals surface area contributed by atoms with Gasteiger partial charge in [0.1, 0.15) is 5.82 Å². The Bertz CT molecular complexity index is 889. The molecule has 1 amide bonds. The Morgan fingerprint density at radius 2 is 1.88 bits per heavy atom. The second-order valence-corrected chi connectivity index (χ2v) is 10.8. The normalized spacial score (nSPS) is 28.8. The van der Waals surface area contributed by atoms with Crippen molar-refractivity contribution in [2.45, 2.75) is 69.2 Å². The van der Waals surface area contributed by atoms with Gasteiger partial charge in [0.25, 0.3) is 10.2 Å². The summed E-state index contributed by atoms with van der Waals surface area (Å²) in [6.45, 7) is 2.07. The van der Waals surface area contributed by atoms with Crippen LogP contribution in [0.5, 0.6) is 0 Å². The zero-order chi connectivity index (χ0) is 23.5. The van der Waals surface area contributed by atoms with Crippen molar-refractivity contribution in [2.24, 2.45) is 0 Å². The highest BCUT2D eigenvalue weighted by molar-refractivity contribution is 7.87. The Kier molecular flexibility index (Phi) is 8.13. The van der Waals surface area contributed by atoms with Crippen LogP contribution >= 0.6 is 0 Å². The van der Waals surface area contributed by atoms with Gasteiger partial charge in [0.2, 0.25) is 0 Å². The van der Waals surface area contributed by atoms with Crippen molar-refractivity contribution >= 4 is 16.3 Å². The molecule has 10 heteroatoms. The first kappa shape index (κ1) is 24.9. The van der Waals surface area contributed by atoms with Gasteiger partial charge in [-0.15, -0.1) is 0 Å². The summed E-state index contributed by atoms with van der Waals surface area (Å²) in [6, 6.07) is 5.75. The number of halogens is 1. The molecule has 0 radical (unpaired) electrons. The number of carbonyl (C=O) groups excluding carboxylic acids is 1. The second kappa shape index (κ2) is 10.5. The van der Waals surface area contributed by atoms with Crippen LogP contribution in [-0.2, 0) is 19.7 Å². The maximum absolute atomic E-state index is 14.1. The van der Waals surface area contributed by atoms with Crippen LogP contribution in [0.2, 0.25) is 0 Å². The highest BCUT2D eigenvalue weighted by Crippen LogP contribution is 2.36. The lowest BCUT2D eigenvalue weighted by Crippen LogP contribution is -2.52. The van der Waals surface area contributed by atoms with Crippen molar-refractivity contribution in [3.05, 3.63) is 35.6 Å². The zero-order valence-corrected chi connectivity index (χ0v) is 20.0. The third-order valence-corrected chi connectivity index (χ3v) is 8.14. The van der Waals surface area contributed by atoms with Gasteiger partial charge in [-0.3, -0.25) is 4.90 Å². The van der Waals surface area contributed by atoms with Crippen LogP contribution in [0.1, 0.15) is 50.5 Å². The minimum Gasteiger partial charge on any atom is -0.453 e. The molecule has 0 spiro atoms. The lowest BCUT2D eigenvalue weighted by Gasteiger charge is -2.33. The summed E-state index contributed by atoms with van der Waals surface area (Å²) >= 11 is 0. The molecule has 8 nitrogen and oxygen atoms in total. The van der Waals surface area contributed by atoms with Crippen LogP contribution in [0.4, 0.5) is 9.18 Å². The number of benzene rings is 1. The van der Waals surface area contributed by atoms with Gasteiger partial charge in [0.15, 0.2) is 0 Å². The minimum atomic E-state index is -3.67. The van der Waals surface area contributed by atoms with Crippen molar-refractivity contribution in [3.63, 3.8) is 0 Å². The molecule has 180 valence electrons. The van der Waals surface area contributed by atoms with E-state index in [0.29, 0.717) is 6.42 Å². The quantitative estimate of drug-likeness (QED) is 0.661. The fraction of sp³-hybridized carbons (Fsp3) is 0.682. The molecule has 0 bridgehead atoms. The van der Waals surface area contributed by atoms with E-state index in [2.05, 4.69) is 4.72 Å². The summed E-state index contributed by atoms with van der Waals surface area (Å²) in [5.74, 6) is 0.00955. The molecule has 0 aromatic heterocycles. The first-order chi connectivity index (χ1) is 15.1. The molecular formula is C22H34FN3O5S. The monoisotopic (exact) mass is 471 g/mol. The van der Waals surface area contributed by atoms with E-state index in [9.17, 15) is 17.6 Å². The number of ether oxygens (including phenoxy) is 2. The molecule has 1 aliphatic heterocycles. The van der Waals surface area contributed by atoms with Gasteiger partial charge < -0.3 is 9.47 Å². The predicted molar refractivity (Wildman–Crippen MR) is 119 cm³/mol. The number of likely N-dealkylation sites (tertiary alicyclic amines) is 1. The van der Waals surface area contributed by atoms with Gasteiger partial charge in [-0.05, 0) is 56.6 Å². The molecule has 32 heavy (non-hydrogen) atoms. The van der Waals surface area contributed by atoms with E-state index in [0.717, 1.165) is 35.6 Å². The second-order valence-electron chi connectivity index (χ2n) is 8.87. The number of carbonyl (C=O) groups is 1. The maximum atomic E-state index is 14.1. The largest absolute Gasteiger partial charge is 0.453 e. The first-order valence-electron chi connectivity index (χ1n) is 11.1. The summed E-state index contributed by atoms with van der Waals surface area (Å²) in [5, 5.41) is 0. The summed E-state index contributed by atoms with van der Waals surface area (Å²) in [6.07, 6.45) is 3.17. The topological polar surface area (TPSA) is 88.2 Å². The van der Waals surface area contributed by atoms with Crippen molar-refractivity contribution in [3.8, 4) is 0 Å². The Morgan fingerprint density at radius 3 is 2.47 bits per heavy atom. The zero-order valence-electron chi connectivity index (χ0n) is 19.2. The van der Waals surface area contributed by atoms with E-state index in [1.807, 2.05) is 19.1 Å². The lowest BCUT2D eigenvalue weighted by atomic mass is 9.82. The van der Waals surface area contributed by atoms with Crippen LogP contribution in [-0.4, -0.2) is 75.8 Å². The van der Waals surface area contributed by atoms with Gasteiger partial charge in [0, 0.05) is 26.2 Å². The summed E-state index contributed by atoms with van der Waals surface area (Å²) < 4.78 is 53.8. The third-order valence-electron chi connectivity index (χ3n) is 6.58. The smallest absolute Gasteiger partial charge is 0.410 e. The fourth-order valence-corrected chi connectivity index (χ4v) is 5.63. The van der Waals surface area contributed by atoms with Crippen LogP contribution in [0.3, 0.4) is 0 Å². The number of nitrogens with one attached hydrogen (secondary N) is 1. The number of amides is 1. The molecule has 1 saturated carbocycles. The molecule has 1 heterocycles. The molecule has 1 saturated heterocycles. The summed E-state index contributed by atoms with van der Waals surface area (Å²) in [7, 11) is 0.562. The van der Waals surface area contributed by atoms with Crippen molar-refractivity contribution < 1.29 is 27.1 Å². The average molecular weight is 472 g/mol. The van der Waals surface area contributed by atoms with E-state index in [4.69, 9.17) is 9.47 Å². The highest BCUT2D eigenvalue weighted by Gasteiger charge is 2.44. The molecule has 2 fully saturated rings. The minimum absolute atomic E-state index is 0.0143. The Hall–Kier alpha value is -1.75. The lowest BCUT2D eigenvalue weighted by molar-refractivity contribution is -0.00877. The van der Waals surface area contributed by atoms with Gasteiger partial charge >= 0.3 is 6.09 Å². The van der Waals surface area contributed by atoms with Crippen LogP contribution in [0.25, 0.3) is 0 Å². The van der Waals surface area contributed by atoms with E-state index < -0.39 is 28.4 Å². The predicted octanol–water partition coefficient (Wildman–Crippen LogP) is 2.86. The average Bonchev–Trinajstić information content (AvgIpc) is 3.06. The van der Waals surface area contributed by atoms with Gasteiger partial charge in [0.05, 0.1) is 25.9 Å². The van der Waals surface area contributed by atoms with E-state index in [-0.39, 0.29) is 30.5 Å². The number of hydrogen-bond donors (Lipinski definition) is 1. The molecule has 3 rings (SSSR count). The van der Waals surface area contributed by atoms with Crippen LogP contribution < -0.4 is 4.72 Å². The Morgan fingerprint density at radius 1 is 1.22 bits per heavy atom. The maximum Gasteiger partial charge on any atom is 0.410 e. The van der Waals surface area contributed by atoms with E-state index in [1.165, 1.54) is 27.3 Å². The van der Waals surface area contributed by atoms with Crippen LogP contribution in [0.15, 0.2) is 24.3 Å². The molecule has 1 aromatic rings. The van der Waals surface area contributed by atoms with Crippen LogP contribution in [0, 0.1) is 5.82 Å². The standard InChI is InChI=1S/C22H34FN3O5S/c1-15-13-20(24-32(28,29)25(2)3)21(26(15)22(27)30-4)14-31-17-11-9-16(10-12-17)18-7-5-6-8-19(18)23/h5-8,15-17,20-21,24H,9-14H2,1-4H3/t15-,16-,17+,20+,21+/m1/s1. The molecule has 2 aliphatic rings. The molecule has 1 aliphatic carbocycles. The molecule has 1 aromatic carbocycles. The number of rotatable bonds is 7. The molecular weight excluding hydrogens is 437 g/mol. The van der Waals surface area contributed by atoms with Gasteiger partial charge in [-0.25, -0.2) is 9.18 Å².